The van der Waals surface area contributed by atoms with Gasteiger partial charge in [0.05, 0.1) is 5.25 Å². The highest BCUT2D eigenvalue weighted by Crippen LogP contribution is 2.37. The molecule has 0 aliphatic rings. The number of hydrogen-bond acceptors (Lipinski definition) is 4. The Balaban J connectivity index is 2.32. The molecule has 0 radical (unpaired) electrons. The SMILES string of the molecule is CCC(N)C(Sc1ncnn1C)c1ccccc1F. The number of nitrogens with two attached hydrogens (primary N) is 1. The van der Waals surface area contributed by atoms with Crippen LogP contribution in [0.15, 0.2) is 35.7 Å². The summed E-state index contributed by atoms with van der Waals surface area (Å²) in [4.78, 5) is 4.16. The van der Waals surface area contributed by atoms with Gasteiger partial charge in [-0.1, -0.05) is 36.9 Å². The number of aryl methyl sites for hydroxylation is 1. The first kappa shape index (κ1) is 14.0. The Morgan fingerprint density at radius 1 is 1.42 bits per heavy atom. The van der Waals surface area contributed by atoms with Crippen molar-refractivity contribution in [3.63, 3.8) is 0 Å². The largest absolute Gasteiger partial charge is 0.326 e. The smallest absolute Gasteiger partial charge is 0.186 e. The van der Waals surface area contributed by atoms with Crippen molar-refractivity contribution in [3.8, 4) is 0 Å². The van der Waals surface area contributed by atoms with Gasteiger partial charge >= 0.3 is 0 Å². The number of hydrogen-bond donors (Lipinski definition) is 1. The first-order valence-corrected chi connectivity index (χ1v) is 7.02. The summed E-state index contributed by atoms with van der Waals surface area (Å²) < 4.78 is 15.6. The van der Waals surface area contributed by atoms with Crippen LogP contribution in [0.25, 0.3) is 0 Å². The van der Waals surface area contributed by atoms with E-state index in [1.54, 1.807) is 16.8 Å². The van der Waals surface area contributed by atoms with Crippen LogP contribution in [0.5, 0.6) is 0 Å². The molecule has 0 bridgehead atoms. The Hall–Kier alpha value is -1.40. The molecule has 0 aliphatic carbocycles. The standard InChI is InChI=1S/C13H17FN4S/c1-3-11(15)12(9-6-4-5-7-10(9)14)19-13-16-8-17-18(13)2/h4-8,11-12H,3,15H2,1-2H3. The average molecular weight is 280 g/mol. The summed E-state index contributed by atoms with van der Waals surface area (Å²) in [5.41, 5.74) is 6.76. The molecule has 19 heavy (non-hydrogen) atoms. The lowest BCUT2D eigenvalue weighted by molar-refractivity contribution is 0.570. The Labute approximate surface area is 116 Å². The second-order valence-electron chi connectivity index (χ2n) is 4.30. The monoisotopic (exact) mass is 280 g/mol. The summed E-state index contributed by atoms with van der Waals surface area (Å²) in [6.45, 7) is 2.00. The van der Waals surface area contributed by atoms with Crippen LogP contribution in [-0.4, -0.2) is 20.8 Å². The van der Waals surface area contributed by atoms with E-state index in [9.17, 15) is 4.39 Å². The molecule has 1 aromatic carbocycles. The Morgan fingerprint density at radius 2 is 2.16 bits per heavy atom. The minimum Gasteiger partial charge on any atom is -0.326 e. The van der Waals surface area contributed by atoms with Gasteiger partial charge in [0.25, 0.3) is 0 Å². The summed E-state index contributed by atoms with van der Waals surface area (Å²) >= 11 is 1.45. The second kappa shape index (κ2) is 6.16. The number of thioether (sulfide) groups is 1. The maximum Gasteiger partial charge on any atom is 0.186 e. The van der Waals surface area contributed by atoms with Gasteiger partial charge in [-0.05, 0) is 12.5 Å². The van der Waals surface area contributed by atoms with Gasteiger partial charge < -0.3 is 5.73 Å². The molecule has 2 N–H and O–H groups in total. The zero-order chi connectivity index (χ0) is 13.8. The summed E-state index contributed by atoms with van der Waals surface area (Å²) in [7, 11) is 1.81. The van der Waals surface area contributed by atoms with Crippen molar-refractivity contribution in [1.82, 2.24) is 14.8 Å². The molecule has 2 rings (SSSR count). The zero-order valence-corrected chi connectivity index (χ0v) is 11.8. The first-order valence-electron chi connectivity index (χ1n) is 6.14. The van der Waals surface area contributed by atoms with Crippen LogP contribution in [0.2, 0.25) is 0 Å². The normalized spacial score (nSPS) is 14.3. The van der Waals surface area contributed by atoms with Crippen molar-refractivity contribution < 1.29 is 4.39 Å². The second-order valence-corrected chi connectivity index (χ2v) is 5.41. The Kier molecular flexibility index (Phi) is 4.55. The molecule has 0 amide bonds. The van der Waals surface area contributed by atoms with E-state index in [1.807, 2.05) is 20.0 Å². The molecule has 1 aromatic heterocycles. The molecule has 2 atom stereocenters. The third-order valence-corrected chi connectivity index (χ3v) is 4.41. The molecule has 2 aromatic rings. The maximum absolute atomic E-state index is 14.0. The molecule has 102 valence electrons. The van der Waals surface area contributed by atoms with E-state index in [-0.39, 0.29) is 17.1 Å². The number of rotatable bonds is 5. The molecular formula is C13H17FN4S. The van der Waals surface area contributed by atoms with Crippen LogP contribution in [0.1, 0.15) is 24.2 Å². The number of halogens is 1. The molecule has 0 aliphatic heterocycles. The molecular weight excluding hydrogens is 263 g/mol. The number of aromatic nitrogens is 3. The molecule has 0 spiro atoms. The lowest BCUT2D eigenvalue weighted by Gasteiger charge is -2.22. The van der Waals surface area contributed by atoms with Gasteiger partial charge in [-0.2, -0.15) is 5.10 Å². The minimum absolute atomic E-state index is 0.140. The van der Waals surface area contributed by atoms with E-state index >= 15 is 0 Å². The molecule has 0 fully saturated rings. The fraction of sp³-hybridized carbons (Fsp3) is 0.385. The van der Waals surface area contributed by atoms with Gasteiger partial charge in [-0.25, -0.2) is 14.1 Å². The molecule has 4 nitrogen and oxygen atoms in total. The quantitative estimate of drug-likeness (QED) is 0.855. The van der Waals surface area contributed by atoms with Crippen LogP contribution in [-0.2, 0) is 7.05 Å². The highest BCUT2D eigenvalue weighted by atomic mass is 32.2. The van der Waals surface area contributed by atoms with E-state index < -0.39 is 0 Å². The first-order chi connectivity index (χ1) is 9.13. The predicted octanol–water partition coefficient (Wildman–Crippen LogP) is 2.52. The number of benzene rings is 1. The minimum atomic E-state index is -0.230. The van der Waals surface area contributed by atoms with Crippen LogP contribution in [0, 0.1) is 5.82 Å². The van der Waals surface area contributed by atoms with E-state index in [0.717, 1.165) is 11.6 Å². The topological polar surface area (TPSA) is 56.7 Å². The van der Waals surface area contributed by atoms with Crippen molar-refractivity contribution in [3.05, 3.63) is 42.0 Å². The van der Waals surface area contributed by atoms with Gasteiger partial charge in [-0.15, -0.1) is 0 Å². The maximum atomic E-state index is 14.0. The van der Waals surface area contributed by atoms with Crippen LogP contribution in [0.3, 0.4) is 0 Å². The lowest BCUT2D eigenvalue weighted by Crippen LogP contribution is -2.26. The van der Waals surface area contributed by atoms with Crippen LogP contribution in [0.4, 0.5) is 4.39 Å². The summed E-state index contributed by atoms with van der Waals surface area (Å²) in [5, 5.41) is 4.58. The molecule has 1 heterocycles. The van der Waals surface area contributed by atoms with Crippen LogP contribution >= 0.6 is 11.8 Å². The number of nitrogens with zero attached hydrogens (tertiary/aromatic N) is 3. The zero-order valence-electron chi connectivity index (χ0n) is 11.0. The average Bonchev–Trinajstić information content (AvgIpc) is 2.81. The molecule has 6 heteroatoms. The van der Waals surface area contributed by atoms with Crippen molar-refractivity contribution in [1.29, 1.82) is 0 Å². The van der Waals surface area contributed by atoms with Crippen molar-refractivity contribution in [2.75, 3.05) is 0 Å². The van der Waals surface area contributed by atoms with Gasteiger partial charge in [0.2, 0.25) is 0 Å². The Morgan fingerprint density at radius 3 is 2.74 bits per heavy atom. The predicted molar refractivity (Wildman–Crippen MR) is 74.3 cm³/mol. The molecule has 2 unspecified atom stereocenters. The molecule has 0 saturated carbocycles. The van der Waals surface area contributed by atoms with Gasteiger partial charge in [0, 0.05) is 18.7 Å². The van der Waals surface area contributed by atoms with E-state index in [4.69, 9.17) is 5.73 Å². The van der Waals surface area contributed by atoms with Crippen molar-refractivity contribution in [2.45, 2.75) is 29.8 Å². The van der Waals surface area contributed by atoms with E-state index in [2.05, 4.69) is 10.1 Å². The van der Waals surface area contributed by atoms with Crippen molar-refractivity contribution in [2.24, 2.45) is 12.8 Å². The lowest BCUT2D eigenvalue weighted by atomic mass is 10.0. The third-order valence-electron chi connectivity index (χ3n) is 2.97. The van der Waals surface area contributed by atoms with E-state index in [0.29, 0.717) is 5.56 Å². The van der Waals surface area contributed by atoms with E-state index in [1.165, 1.54) is 24.2 Å². The fourth-order valence-electron chi connectivity index (χ4n) is 1.81. The van der Waals surface area contributed by atoms with Gasteiger partial charge in [-0.3, -0.25) is 0 Å². The highest BCUT2D eigenvalue weighted by Gasteiger charge is 2.24. The van der Waals surface area contributed by atoms with Gasteiger partial charge in [0.15, 0.2) is 5.16 Å². The fourth-order valence-corrected chi connectivity index (χ4v) is 3.03. The summed E-state index contributed by atoms with van der Waals surface area (Å²) in [5.74, 6) is -0.230. The molecule has 0 saturated heterocycles. The summed E-state index contributed by atoms with van der Waals surface area (Å²) in [6.07, 6.45) is 2.25. The van der Waals surface area contributed by atoms with Crippen LogP contribution < -0.4 is 5.73 Å². The Bertz CT molecular complexity index is 543. The highest BCUT2D eigenvalue weighted by molar-refractivity contribution is 7.99. The summed E-state index contributed by atoms with van der Waals surface area (Å²) in [6, 6.07) is 6.60. The third kappa shape index (κ3) is 3.13. The van der Waals surface area contributed by atoms with Crippen molar-refractivity contribution >= 4 is 11.8 Å². The van der Waals surface area contributed by atoms with Gasteiger partial charge in [0.1, 0.15) is 12.1 Å².